The summed E-state index contributed by atoms with van der Waals surface area (Å²) in [5, 5.41) is 0.972. The average molecular weight is 273 g/mol. The molecule has 3 rings (SSSR count). The Labute approximate surface area is 113 Å². The quantitative estimate of drug-likeness (QED) is 0.798. The minimum atomic E-state index is -0.351. The fraction of sp³-hybridized carbons (Fsp3) is 0.143. The summed E-state index contributed by atoms with van der Waals surface area (Å²) in [4.78, 5) is 8.54. The molecule has 0 spiro atoms. The van der Waals surface area contributed by atoms with Crippen LogP contribution in [0.5, 0.6) is 0 Å². The zero-order valence-corrected chi connectivity index (χ0v) is 10.9. The second-order valence-electron chi connectivity index (χ2n) is 4.29. The van der Waals surface area contributed by atoms with Crippen molar-refractivity contribution in [2.75, 3.05) is 0 Å². The Kier molecular flexibility index (Phi) is 3.23. The SMILES string of the molecule is NC(Cc1nc2ccccc2s1)c1ccc(F)cn1. The molecule has 0 amide bonds. The van der Waals surface area contributed by atoms with Crippen LogP contribution in [0.1, 0.15) is 16.7 Å². The Bertz CT molecular complexity index is 660. The van der Waals surface area contributed by atoms with Crippen LogP contribution in [-0.2, 0) is 6.42 Å². The first kappa shape index (κ1) is 12.2. The molecule has 1 atom stereocenters. The average Bonchev–Trinajstić information content (AvgIpc) is 2.81. The van der Waals surface area contributed by atoms with Gasteiger partial charge in [-0.05, 0) is 24.3 Å². The lowest BCUT2D eigenvalue weighted by molar-refractivity contribution is 0.612. The van der Waals surface area contributed by atoms with Crippen molar-refractivity contribution in [2.24, 2.45) is 5.73 Å². The largest absolute Gasteiger partial charge is 0.322 e. The standard InChI is InChI=1S/C14H12FN3S/c15-9-5-6-11(17-8-9)10(16)7-14-18-12-3-1-2-4-13(12)19-14/h1-6,8,10H,7,16H2. The van der Waals surface area contributed by atoms with Gasteiger partial charge in [-0.1, -0.05) is 12.1 Å². The topological polar surface area (TPSA) is 51.8 Å². The zero-order chi connectivity index (χ0) is 13.2. The lowest BCUT2D eigenvalue weighted by atomic mass is 10.1. The maximum atomic E-state index is 12.8. The van der Waals surface area contributed by atoms with Crippen LogP contribution in [0.2, 0.25) is 0 Å². The second kappa shape index (κ2) is 5.03. The molecule has 0 radical (unpaired) electrons. The van der Waals surface area contributed by atoms with Gasteiger partial charge in [0.05, 0.1) is 33.2 Å². The summed E-state index contributed by atoms with van der Waals surface area (Å²) in [5.74, 6) is -0.351. The maximum Gasteiger partial charge on any atom is 0.141 e. The monoisotopic (exact) mass is 273 g/mol. The van der Waals surface area contributed by atoms with Gasteiger partial charge in [-0.3, -0.25) is 4.98 Å². The number of halogens is 1. The van der Waals surface area contributed by atoms with Crippen LogP contribution >= 0.6 is 11.3 Å². The molecule has 1 unspecified atom stereocenters. The van der Waals surface area contributed by atoms with E-state index in [9.17, 15) is 4.39 Å². The zero-order valence-electron chi connectivity index (χ0n) is 10.1. The molecule has 3 aromatic rings. The molecule has 0 aliphatic heterocycles. The van der Waals surface area contributed by atoms with Crippen molar-refractivity contribution in [3.05, 3.63) is 59.1 Å². The minimum Gasteiger partial charge on any atom is -0.322 e. The number of benzene rings is 1. The van der Waals surface area contributed by atoms with Crippen LogP contribution in [0.15, 0.2) is 42.6 Å². The number of para-hydroxylation sites is 1. The van der Waals surface area contributed by atoms with Gasteiger partial charge in [0, 0.05) is 6.42 Å². The minimum absolute atomic E-state index is 0.263. The van der Waals surface area contributed by atoms with Gasteiger partial charge < -0.3 is 5.73 Å². The van der Waals surface area contributed by atoms with Gasteiger partial charge >= 0.3 is 0 Å². The highest BCUT2D eigenvalue weighted by Gasteiger charge is 2.12. The fourth-order valence-corrected chi connectivity index (χ4v) is 2.93. The third kappa shape index (κ3) is 2.62. The highest BCUT2D eigenvalue weighted by atomic mass is 32.1. The molecule has 0 saturated carbocycles. The van der Waals surface area contributed by atoms with E-state index in [1.54, 1.807) is 17.4 Å². The van der Waals surface area contributed by atoms with E-state index in [-0.39, 0.29) is 11.9 Å². The Morgan fingerprint density at radius 3 is 2.79 bits per heavy atom. The summed E-state index contributed by atoms with van der Waals surface area (Å²) in [7, 11) is 0. The van der Waals surface area contributed by atoms with Crippen molar-refractivity contribution >= 4 is 21.6 Å². The Balaban J connectivity index is 1.82. The first-order valence-electron chi connectivity index (χ1n) is 5.94. The summed E-state index contributed by atoms with van der Waals surface area (Å²) in [6, 6.07) is 10.7. The number of hydrogen-bond acceptors (Lipinski definition) is 4. The van der Waals surface area contributed by atoms with Gasteiger partial charge in [0.1, 0.15) is 5.82 Å². The van der Waals surface area contributed by atoms with E-state index < -0.39 is 0 Å². The smallest absolute Gasteiger partial charge is 0.141 e. The number of rotatable bonds is 3. The normalized spacial score (nSPS) is 12.7. The van der Waals surface area contributed by atoms with Crippen molar-refractivity contribution < 1.29 is 4.39 Å². The number of nitrogens with zero attached hydrogens (tertiary/aromatic N) is 2. The molecular weight excluding hydrogens is 261 g/mol. The van der Waals surface area contributed by atoms with E-state index in [1.807, 2.05) is 24.3 Å². The van der Waals surface area contributed by atoms with Crippen molar-refractivity contribution in [1.82, 2.24) is 9.97 Å². The lowest BCUT2D eigenvalue weighted by Crippen LogP contribution is -2.14. The third-order valence-electron chi connectivity index (χ3n) is 2.86. The third-order valence-corrected chi connectivity index (χ3v) is 3.92. The van der Waals surface area contributed by atoms with E-state index >= 15 is 0 Å². The van der Waals surface area contributed by atoms with E-state index in [4.69, 9.17) is 5.73 Å². The molecular formula is C14H12FN3S. The summed E-state index contributed by atoms with van der Waals surface area (Å²) in [6.07, 6.45) is 1.80. The number of hydrogen-bond donors (Lipinski definition) is 1. The molecule has 96 valence electrons. The molecule has 2 aromatic heterocycles. The van der Waals surface area contributed by atoms with Crippen LogP contribution in [0.4, 0.5) is 4.39 Å². The van der Waals surface area contributed by atoms with Gasteiger partial charge in [0.15, 0.2) is 0 Å². The Morgan fingerprint density at radius 2 is 2.05 bits per heavy atom. The molecule has 0 bridgehead atoms. The van der Waals surface area contributed by atoms with Gasteiger partial charge in [-0.25, -0.2) is 9.37 Å². The van der Waals surface area contributed by atoms with Crippen molar-refractivity contribution in [3.63, 3.8) is 0 Å². The summed E-state index contributed by atoms with van der Waals surface area (Å²) >= 11 is 1.63. The second-order valence-corrected chi connectivity index (χ2v) is 5.40. The molecule has 0 fully saturated rings. The molecule has 0 saturated heterocycles. The van der Waals surface area contributed by atoms with Gasteiger partial charge in [0.2, 0.25) is 0 Å². The lowest BCUT2D eigenvalue weighted by Gasteiger charge is -2.08. The van der Waals surface area contributed by atoms with Crippen LogP contribution in [0.3, 0.4) is 0 Å². The summed E-state index contributed by atoms with van der Waals surface area (Å²) in [5.41, 5.74) is 7.75. The fourth-order valence-electron chi connectivity index (χ4n) is 1.91. The summed E-state index contributed by atoms with van der Waals surface area (Å²) in [6.45, 7) is 0. The van der Waals surface area contributed by atoms with Gasteiger partial charge in [0.25, 0.3) is 0 Å². The van der Waals surface area contributed by atoms with E-state index in [0.717, 1.165) is 15.2 Å². The first-order chi connectivity index (χ1) is 9.22. The highest BCUT2D eigenvalue weighted by molar-refractivity contribution is 7.18. The van der Waals surface area contributed by atoms with E-state index in [0.29, 0.717) is 12.1 Å². The predicted octanol–water partition coefficient (Wildman–Crippen LogP) is 3.07. The molecule has 1 aromatic carbocycles. The predicted molar refractivity (Wildman–Crippen MR) is 74.4 cm³/mol. The Hall–Kier alpha value is -1.85. The molecule has 2 heterocycles. The van der Waals surface area contributed by atoms with Crippen LogP contribution < -0.4 is 5.73 Å². The van der Waals surface area contributed by atoms with E-state index in [1.165, 1.54) is 12.3 Å². The van der Waals surface area contributed by atoms with Crippen molar-refractivity contribution in [3.8, 4) is 0 Å². The van der Waals surface area contributed by atoms with Crippen molar-refractivity contribution in [2.45, 2.75) is 12.5 Å². The summed E-state index contributed by atoms with van der Waals surface area (Å²) < 4.78 is 14.0. The van der Waals surface area contributed by atoms with Gasteiger partial charge in [-0.2, -0.15) is 0 Å². The Morgan fingerprint density at radius 1 is 1.21 bits per heavy atom. The number of pyridine rings is 1. The number of fused-ring (bicyclic) bond motifs is 1. The maximum absolute atomic E-state index is 12.8. The van der Waals surface area contributed by atoms with Crippen LogP contribution in [0, 0.1) is 5.82 Å². The number of nitrogens with two attached hydrogens (primary N) is 1. The number of thiazole rings is 1. The van der Waals surface area contributed by atoms with Crippen LogP contribution in [-0.4, -0.2) is 9.97 Å². The first-order valence-corrected chi connectivity index (χ1v) is 6.75. The molecule has 19 heavy (non-hydrogen) atoms. The van der Waals surface area contributed by atoms with Gasteiger partial charge in [-0.15, -0.1) is 11.3 Å². The molecule has 0 aliphatic carbocycles. The van der Waals surface area contributed by atoms with E-state index in [2.05, 4.69) is 9.97 Å². The molecule has 0 aliphatic rings. The van der Waals surface area contributed by atoms with Crippen molar-refractivity contribution in [1.29, 1.82) is 0 Å². The molecule has 2 N–H and O–H groups in total. The highest BCUT2D eigenvalue weighted by Crippen LogP contribution is 2.24. The molecule has 3 nitrogen and oxygen atoms in total. The van der Waals surface area contributed by atoms with Crippen LogP contribution in [0.25, 0.3) is 10.2 Å². The molecule has 5 heteroatoms. The number of aromatic nitrogens is 2.